The zero-order valence-corrected chi connectivity index (χ0v) is 20.3. The van der Waals surface area contributed by atoms with Gasteiger partial charge in [-0.15, -0.1) is 22.7 Å². The average molecular weight is 527 g/mol. The van der Waals surface area contributed by atoms with Gasteiger partial charge in [-0.1, -0.05) is 12.1 Å². The Morgan fingerprint density at radius 2 is 1.23 bits per heavy atom. The van der Waals surface area contributed by atoms with Gasteiger partial charge in [0.25, 0.3) is 0 Å². The van der Waals surface area contributed by atoms with Crippen LogP contribution in [0.2, 0.25) is 0 Å². The molecule has 35 heavy (non-hydrogen) atoms. The molecule has 0 aliphatic carbocycles. The van der Waals surface area contributed by atoms with E-state index in [2.05, 4.69) is 9.97 Å². The molecule has 4 nitrogen and oxygen atoms in total. The summed E-state index contributed by atoms with van der Waals surface area (Å²) in [6.45, 7) is 4.28. The maximum atomic E-state index is 13.3. The van der Waals surface area contributed by atoms with Crippen molar-refractivity contribution in [3.63, 3.8) is 0 Å². The average Bonchev–Trinajstić information content (AvgIpc) is 3.30. The van der Waals surface area contributed by atoms with Crippen LogP contribution < -0.4 is 0 Å². The molecule has 184 valence electrons. The molecule has 0 fully saturated rings. The number of alkyl halides is 5. The third kappa shape index (κ3) is 5.46. The number of aryl methyl sites for hydroxylation is 2. The Bertz CT molecular complexity index is 1380. The lowest BCUT2D eigenvalue weighted by Gasteiger charge is -2.07. The van der Waals surface area contributed by atoms with Crippen molar-refractivity contribution in [2.45, 2.75) is 39.3 Å². The molecule has 0 radical (unpaired) electrons. The van der Waals surface area contributed by atoms with Crippen LogP contribution in [0.5, 0.6) is 0 Å². The monoisotopic (exact) mass is 526 g/mol. The molecule has 0 unspecified atom stereocenters. The summed E-state index contributed by atoms with van der Waals surface area (Å²) >= 11 is 2.24. The number of thiazole rings is 2. The lowest BCUT2D eigenvalue weighted by molar-refractivity contribution is -0.119. The molecule has 2 heterocycles. The maximum absolute atomic E-state index is 13.3. The standard InChI is InChI=1S/C24H19F5N2O2S2/c1-11-4-13(7-15-21(11)30-19(34-15)9-17(32)23(3,25)26)6-14-5-12(2)22-16(8-14)35-20(31-22)10-18(33)24(27,28)29/h4-5,7-10,32-33H,6H2,1-3H3/b17-9-,18-10-. The first kappa shape index (κ1) is 25.1. The van der Waals surface area contributed by atoms with E-state index in [0.29, 0.717) is 35.2 Å². The molecule has 4 rings (SSSR count). The van der Waals surface area contributed by atoms with Gasteiger partial charge in [0.05, 0.1) is 20.4 Å². The number of aliphatic hydroxyl groups excluding tert-OH is 2. The minimum absolute atomic E-state index is 0.0542. The number of benzene rings is 2. The number of rotatable bonds is 5. The first-order valence-electron chi connectivity index (χ1n) is 10.3. The fourth-order valence-electron chi connectivity index (χ4n) is 3.58. The third-order valence-corrected chi connectivity index (χ3v) is 7.09. The van der Waals surface area contributed by atoms with Crippen LogP contribution in [-0.4, -0.2) is 32.3 Å². The van der Waals surface area contributed by atoms with Crippen LogP contribution in [0.15, 0.2) is 35.8 Å². The van der Waals surface area contributed by atoms with E-state index in [4.69, 9.17) is 0 Å². The predicted molar refractivity (Wildman–Crippen MR) is 129 cm³/mol. The summed E-state index contributed by atoms with van der Waals surface area (Å²) in [5, 5.41) is 19.1. The minimum atomic E-state index is -4.84. The van der Waals surface area contributed by atoms with Crippen molar-refractivity contribution < 1.29 is 32.2 Å². The summed E-state index contributed by atoms with van der Waals surface area (Å²) < 4.78 is 66.0. The van der Waals surface area contributed by atoms with E-state index in [1.54, 1.807) is 0 Å². The molecule has 0 saturated heterocycles. The molecule has 0 spiro atoms. The Labute approximate surface area is 204 Å². The summed E-state index contributed by atoms with van der Waals surface area (Å²) in [7, 11) is 0. The van der Waals surface area contributed by atoms with E-state index in [1.807, 2.05) is 38.1 Å². The highest BCUT2D eigenvalue weighted by molar-refractivity contribution is 7.19. The van der Waals surface area contributed by atoms with Crippen molar-refractivity contribution in [1.82, 2.24) is 9.97 Å². The Kier molecular flexibility index (Phi) is 6.35. The summed E-state index contributed by atoms with van der Waals surface area (Å²) in [5.41, 5.74) is 4.73. The summed E-state index contributed by atoms with van der Waals surface area (Å²) in [6, 6.07) is 7.59. The summed E-state index contributed by atoms with van der Waals surface area (Å²) in [5.74, 6) is -6.11. The molecule has 11 heteroatoms. The van der Waals surface area contributed by atoms with Crippen molar-refractivity contribution in [2.75, 3.05) is 0 Å². The summed E-state index contributed by atoms with van der Waals surface area (Å²) in [6.07, 6.45) is -2.74. The topological polar surface area (TPSA) is 66.2 Å². The number of fused-ring (bicyclic) bond motifs is 2. The molecule has 0 saturated carbocycles. The molecule has 0 aliphatic heterocycles. The van der Waals surface area contributed by atoms with Gasteiger partial charge in [0.1, 0.15) is 10.0 Å². The highest BCUT2D eigenvalue weighted by Crippen LogP contribution is 2.33. The Balaban J connectivity index is 1.66. The second-order valence-electron chi connectivity index (χ2n) is 8.25. The largest absolute Gasteiger partial charge is 0.506 e. The highest BCUT2D eigenvalue weighted by atomic mass is 32.1. The zero-order chi connectivity index (χ0) is 25.7. The van der Waals surface area contributed by atoms with Gasteiger partial charge < -0.3 is 10.2 Å². The van der Waals surface area contributed by atoms with Crippen LogP contribution in [0.1, 0.15) is 39.2 Å². The first-order chi connectivity index (χ1) is 16.2. The number of aliphatic hydroxyl groups is 2. The fraction of sp³-hybridized carbons (Fsp3) is 0.250. The van der Waals surface area contributed by atoms with E-state index in [-0.39, 0.29) is 10.0 Å². The minimum Gasteiger partial charge on any atom is -0.506 e. The van der Waals surface area contributed by atoms with Crippen LogP contribution >= 0.6 is 22.7 Å². The molecular weight excluding hydrogens is 507 g/mol. The molecular formula is C24H19F5N2O2S2. The van der Waals surface area contributed by atoms with E-state index >= 15 is 0 Å². The highest BCUT2D eigenvalue weighted by Gasteiger charge is 2.34. The van der Waals surface area contributed by atoms with Gasteiger partial charge >= 0.3 is 12.1 Å². The second-order valence-corrected chi connectivity index (χ2v) is 10.4. The second kappa shape index (κ2) is 8.87. The Morgan fingerprint density at radius 1 is 0.800 bits per heavy atom. The predicted octanol–water partition coefficient (Wildman–Crippen LogP) is 8.13. The van der Waals surface area contributed by atoms with Crippen molar-refractivity contribution in [2.24, 2.45) is 0 Å². The Morgan fingerprint density at radius 3 is 1.63 bits per heavy atom. The molecule has 4 aromatic rings. The van der Waals surface area contributed by atoms with Crippen molar-refractivity contribution in [1.29, 1.82) is 0 Å². The third-order valence-electron chi connectivity index (χ3n) is 5.19. The van der Waals surface area contributed by atoms with Gasteiger partial charge in [0, 0.05) is 19.1 Å². The quantitative estimate of drug-likeness (QED) is 0.204. The van der Waals surface area contributed by atoms with Crippen molar-refractivity contribution in [3.05, 3.63) is 68.1 Å². The van der Waals surface area contributed by atoms with Crippen molar-refractivity contribution in [3.8, 4) is 0 Å². The lowest BCUT2D eigenvalue weighted by atomic mass is 10.0. The van der Waals surface area contributed by atoms with Crippen LogP contribution in [0.3, 0.4) is 0 Å². The number of allylic oxidation sites excluding steroid dienone is 2. The normalized spacial score (nSPS) is 13.8. The van der Waals surface area contributed by atoms with Gasteiger partial charge in [-0.3, -0.25) is 0 Å². The molecule has 2 aromatic carbocycles. The van der Waals surface area contributed by atoms with E-state index < -0.39 is 23.6 Å². The van der Waals surface area contributed by atoms with Gasteiger partial charge in [-0.2, -0.15) is 22.0 Å². The molecule has 2 aromatic heterocycles. The number of nitrogens with zero attached hydrogens (tertiary/aromatic N) is 2. The number of hydrogen-bond donors (Lipinski definition) is 2. The van der Waals surface area contributed by atoms with Gasteiger partial charge in [-0.05, 0) is 54.7 Å². The molecule has 0 bridgehead atoms. The lowest BCUT2D eigenvalue weighted by Crippen LogP contribution is -2.12. The van der Waals surface area contributed by atoms with E-state index in [0.717, 1.165) is 44.4 Å². The van der Waals surface area contributed by atoms with Gasteiger partial charge in [0.2, 0.25) is 5.76 Å². The van der Waals surface area contributed by atoms with Crippen molar-refractivity contribution >= 4 is 55.3 Å². The number of halogens is 5. The molecule has 0 aliphatic rings. The molecule has 2 N–H and O–H groups in total. The fourth-order valence-corrected chi connectivity index (χ4v) is 5.67. The van der Waals surface area contributed by atoms with E-state index in [1.165, 1.54) is 11.3 Å². The van der Waals surface area contributed by atoms with Crippen LogP contribution in [0, 0.1) is 13.8 Å². The molecule has 0 atom stereocenters. The number of hydrogen-bond acceptors (Lipinski definition) is 6. The first-order valence-corrected chi connectivity index (χ1v) is 11.9. The smallest absolute Gasteiger partial charge is 0.448 e. The van der Waals surface area contributed by atoms with Crippen LogP contribution in [0.4, 0.5) is 22.0 Å². The summed E-state index contributed by atoms with van der Waals surface area (Å²) in [4.78, 5) is 8.56. The molecule has 0 amide bonds. The SMILES string of the molecule is Cc1cc(Cc2cc(C)c3nc(/C=C(\O)C(F)(F)F)sc3c2)cc2sc(/C=C(\O)C(C)(F)F)nc12. The maximum Gasteiger partial charge on any atom is 0.448 e. The van der Waals surface area contributed by atoms with Crippen LogP contribution in [-0.2, 0) is 6.42 Å². The van der Waals surface area contributed by atoms with Gasteiger partial charge in [0.15, 0.2) is 5.76 Å². The van der Waals surface area contributed by atoms with Gasteiger partial charge in [-0.25, -0.2) is 9.97 Å². The van der Waals surface area contributed by atoms with E-state index in [9.17, 15) is 32.2 Å². The Hall–Kier alpha value is -3.05. The number of aromatic nitrogens is 2. The van der Waals surface area contributed by atoms with Crippen LogP contribution in [0.25, 0.3) is 32.6 Å². The zero-order valence-electron chi connectivity index (χ0n) is 18.7.